The van der Waals surface area contributed by atoms with Gasteiger partial charge in [0.2, 0.25) is 11.8 Å². The molecule has 1 aliphatic heterocycles. The molecule has 0 aliphatic carbocycles. The predicted octanol–water partition coefficient (Wildman–Crippen LogP) is 4.19. The molecule has 1 N–H and O–H groups in total. The standard InChI is InChI=1S/C20H21ClN2O4S/c1-4-27-20(26)17-11(2)12(3)28-19(17)22-18(25)13-9-16(24)23(10-13)15-7-5-14(21)6-8-15/h5-8,13H,4,9-10H2,1-3H3,(H,22,25)/t13-/m1/s1. The zero-order valence-electron chi connectivity index (χ0n) is 15.9. The Kier molecular flexibility index (Phi) is 6.05. The Balaban J connectivity index is 1.76. The van der Waals surface area contributed by atoms with Gasteiger partial charge in [0.15, 0.2) is 0 Å². The molecule has 3 rings (SSSR count). The lowest BCUT2D eigenvalue weighted by Gasteiger charge is -2.16. The van der Waals surface area contributed by atoms with Gasteiger partial charge in [-0.1, -0.05) is 11.6 Å². The number of ether oxygens (including phenoxy) is 1. The summed E-state index contributed by atoms with van der Waals surface area (Å²) in [6.07, 6.45) is 0.118. The molecule has 1 aliphatic rings. The molecule has 2 heterocycles. The first-order valence-electron chi connectivity index (χ1n) is 8.95. The summed E-state index contributed by atoms with van der Waals surface area (Å²) in [5.41, 5.74) is 1.89. The first kappa shape index (κ1) is 20.4. The molecule has 8 heteroatoms. The molecule has 1 saturated heterocycles. The van der Waals surface area contributed by atoms with Crippen molar-refractivity contribution >= 4 is 51.4 Å². The summed E-state index contributed by atoms with van der Waals surface area (Å²) in [6.45, 7) is 5.99. The lowest BCUT2D eigenvalue weighted by molar-refractivity contribution is -0.122. The first-order chi connectivity index (χ1) is 13.3. The largest absolute Gasteiger partial charge is 0.462 e. The summed E-state index contributed by atoms with van der Waals surface area (Å²) in [6, 6.07) is 6.93. The van der Waals surface area contributed by atoms with E-state index in [-0.39, 0.29) is 31.4 Å². The quantitative estimate of drug-likeness (QED) is 0.736. The van der Waals surface area contributed by atoms with Gasteiger partial charge in [-0.25, -0.2) is 4.79 Å². The molecule has 28 heavy (non-hydrogen) atoms. The summed E-state index contributed by atoms with van der Waals surface area (Å²) in [7, 11) is 0. The van der Waals surface area contributed by atoms with Gasteiger partial charge in [-0.15, -0.1) is 11.3 Å². The maximum Gasteiger partial charge on any atom is 0.341 e. The first-order valence-corrected chi connectivity index (χ1v) is 10.1. The summed E-state index contributed by atoms with van der Waals surface area (Å²) in [5, 5.41) is 3.89. The van der Waals surface area contributed by atoms with Gasteiger partial charge in [-0.2, -0.15) is 0 Å². The van der Waals surface area contributed by atoms with Crippen LogP contribution in [0.3, 0.4) is 0 Å². The number of anilines is 2. The highest BCUT2D eigenvalue weighted by atomic mass is 35.5. The highest BCUT2D eigenvalue weighted by Gasteiger charge is 2.36. The predicted molar refractivity (Wildman–Crippen MR) is 110 cm³/mol. The van der Waals surface area contributed by atoms with Crippen LogP contribution >= 0.6 is 22.9 Å². The Hall–Kier alpha value is -2.38. The fraction of sp³-hybridized carbons (Fsp3) is 0.350. The van der Waals surface area contributed by atoms with Crippen LogP contribution in [0.15, 0.2) is 24.3 Å². The zero-order valence-corrected chi connectivity index (χ0v) is 17.4. The smallest absolute Gasteiger partial charge is 0.341 e. The number of carbonyl (C=O) groups excluding carboxylic acids is 3. The van der Waals surface area contributed by atoms with Gasteiger partial charge in [0.1, 0.15) is 5.00 Å². The van der Waals surface area contributed by atoms with Crippen molar-refractivity contribution in [2.24, 2.45) is 5.92 Å². The number of rotatable bonds is 5. The number of aryl methyl sites for hydroxylation is 1. The van der Waals surface area contributed by atoms with Crippen LogP contribution in [0, 0.1) is 19.8 Å². The maximum absolute atomic E-state index is 12.8. The maximum atomic E-state index is 12.8. The van der Waals surface area contributed by atoms with E-state index in [2.05, 4.69) is 5.32 Å². The van der Waals surface area contributed by atoms with Crippen molar-refractivity contribution in [2.75, 3.05) is 23.4 Å². The van der Waals surface area contributed by atoms with Crippen LogP contribution in [0.1, 0.15) is 34.1 Å². The molecule has 2 amide bonds. The van der Waals surface area contributed by atoms with Crippen molar-refractivity contribution < 1.29 is 19.1 Å². The highest BCUT2D eigenvalue weighted by molar-refractivity contribution is 7.16. The van der Waals surface area contributed by atoms with Gasteiger partial charge in [-0.3, -0.25) is 9.59 Å². The van der Waals surface area contributed by atoms with E-state index in [1.165, 1.54) is 11.3 Å². The minimum Gasteiger partial charge on any atom is -0.462 e. The molecule has 0 spiro atoms. The third kappa shape index (κ3) is 4.05. The van der Waals surface area contributed by atoms with Gasteiger partial charge in [-0.05, 0) is 50.6 Å². The van der Waals surface area contributed by atoms with Crippen molar-refractivity contribution in [1.82, 2.24) is 0 Å². The third-order valence-corrected chi connectivity index (χ3v) is 6.11. The number of hydrogen-bond donors (Lipinski definition) is 1. The minimum atomic E-state index is -0.499. The van der Waals surface area contributed by atoms with Crippen LogP contribution in [-0.4, -0.2) is 30.9 Å². The topological polar surface area (TPSA) is 75.7 Å². The minimum absolute atomic E-state index is 0.118. The van der Waals surface area contributed by atoms with Gasteiger partial charge < -0.3 is 15.0 Å². The number of esters is 1. The van der Waals surface area contributed by atoms with E-state index < -0.39 is 11.9 Å². The van der Waals surface area contributed by atoms with E-state index in [0.29, 0.717) is 21.3 Å². The second kappa shape index (κ2) is 8.32. The number of thiophene rings is 1. The summed E-state index contributed by atoms with van der Waals surface area (Å²) < 4.78 is 5.11. The summed E-state index contributed by atoms with van der Waals surface area (Å²) >= 11 is 7.23. The average molecular weight is 421 g/mol. The van der Waals surface area contributed by atoms with Crippen LogP contribution in [-0.2, 0) is 14.3 Å². The molecule has 6 nitrogen and oxygen atoms in total. The molecule has 1 aromatic heterocycles. The highest BCUT2D eigenvalue weighted by Crippen LogP contribution is 2.34. The van der Waals surface area contributed by atoms with Crippen LogP contribution < -0.4 is 10.2 Å². The van der Waals surface area contributed by atoms with E-state index >= 15 is 0 Å². The lowest BCUT2D eigenvalue weighted by atomic mass is 10.1. The molecule has 148 valence electrons. The monoisotopic (exact) mass is 420 g/mol. The Bertz CT molecular complexity index is 923. The number of nitrogens with zero attached hydrogens (tertiary/aromatic N) is 1. The van der Waals surface area contributed by atoms with Gasteiger partial charge in [0, 0.05) is 28.6 Å². The van der Waals surface area contributed by atoms with E-state index in [1.807, 2.05) is 13.8 Å². The molecule has 1 atom stereocenters. The molecule has 2 aromatic rings. The Morgan fingerprint density at radius 1 is 1.29 bits per heavy atom. The van der Waals surface area contributed by atoms with Crippen LogP contribution in [0.5, 0.6) is 0 Å². The Morgan fingerprint density at radius 3 is 2.61 bits per heavy atom. The van der Waals surface area contributed by atoms with Crippen molar-refractivity contribution in [3.05, 3.63) is 45.3 Å². The van der Waals surface area contributed by atoms with E-state index in [0.717, 1.165) is 10.4 Å². The number of nitrogens with one attached hydrogen (secondary N) is 1. The number of amides is 2. The number of carbonyl (C=O) groups is 3. The summed E-state index contributed by atoms with van der Waals surface area (Å²) in [4.78, 5) is 40.0. The normalized spacial score (nSPS) is 16.4. The van der Waals surface area contributed by atoms with Crippen LogP contribution in [0.2, 0.25) is 5.02 Å². The van der Waals surface area contributed by atoms with E-state index in [9.17, 15) is 14.4 Å². The molecule has 0 saturated carbocycles. The number of benzene rings is 1. The van der Waals surface area contributed by atoms with Crippen molar-refractivity contribution in [1.29, 1.82) is 0 Å². The van der Waals surface area contributed by atoms with Crippen molar-refractivity contribution in [3.8, 4) is 0 Å². The zero-order chi connectivity index (χ0) is 20.4. The molecule has 1 fully saturated rings. The number of hydrogen-bond acceptors (Lipinski definition) is 5. The fourth-order valence-corrected chi connectivity index (χ4v) is 4.31. The van der Waals surface area contributed by atoms with Crippen LogP contribution in [0.4, 0.5) is 10.7 Å². The van der Waals surface area contributed by atoms with Gasteiger partial charge in [0.25, 0.3) is 0 Å². The average Bonchev–Trinajstić information content (AvgIpc) is 3.16. The third-order valence-electron chi connectivity index (χ3n) is 4.74. The SMILES string of the molecule is CCOC(=O)c1c(NC(=O)[C@@H]2CC(=O)N(c3ccc(Cl)cc3)C2)sc(C)c1C. The Labute approximate surface area is 172 Å². The van der Waals surface area contributed by atoms with Gasteiger partial charge >= 0.3 is 5.97 Å². The molecular formula is C20H21ClN2O4S. The van der Waals surface area contributed by atoms with E-state index in [1.54, 1.807) is 36.1 Å². The second-order valence-corrected chi connectivity index (χ2v) is 8.24. The second-order valence-electron chi connectivity index (χ2n) is 6.58. The fourth-order valence-electron chi connectivity index (χ4n) is 3.13. The van der Waals surface area contributed by atoms with Crippen LogP contribution in [0.25, 0.3) is 0 Å². The molecule has 0 bridgehead atoms. The molecule has 0 radical (unpaired) electrons. The lowest BCUT2D eigenvalue weighted by Crippen LogP contribution is -2.28. The van der Waals surface area contributed by atoms with Gasteiger partial charge in [0.05, 0.1) is 18.1 Å². The summed E-state index contributed by atoms with van der Waals surface area (Å²) in [5.74, 6) is -1.35. The van der Waals surface area contributed by atoms with Crippen molar-refractivity contribution in [3.63, 3.8) is 0 Å². The van der Waals surface area contributed by atoms with Crippen molar-refractivity contribution in [2.45, 2.75) is 27.2 Å². The molecular weight excluding hydrogens is 400 g/mol. The van der Waals surface area contributed by atoms with E-state index in [4.69, 9.17) is 16.3 Å². The molecule has 0 unspecified atom stereocenters. The molecule has 1 aromatic carbocycles. The number of halogens is 1. The Morgan fingerprint density at radius 2 is 1.96 bits per heavy atom.